The third-order valence-corrected chi connectivity index (χ3v) is 5.66. The van der Waals surface area contributed by atoms with Crippen molar-refractivity contribution in [3.05, 3.63) is 0 Å². The van der Waals surface area contributed by atoms with Crippen LogP contribution in [0.25, 0.3) is 0 Å². The highest BCUT2D eigenvalue weighted by Crippen LogP contribution is 2.23. The lowest BCUT2D eigenvalue weighted by Gasteiger charge is -2.35. The van der Waals surface area contributed by atoms with E-state index in [0.717, 1.165) is 0 Å². The number of rotatable bonds is 3. The molecule has 0 aromatic heterocycles. The minimum Gasteiger partial charge on any atom is -0.373 e. The quantitative estimate of drug-likeness (QED) is 0.748. The summed E-state index contributed by atoms with van der Waals surface area (Å²) < 4.78 is 28.3. The third kappa shape index (κ3) is 3.90. The minimum atomic E-state index is -2.91. The summed E-state index contributed by atoms with van der Waals surface area (Å²) >= 11 is 0. The van der Waals surface area contributed by atoms with Crippen molar-refractivity contribution in [2.75, 3.05) is 31.2 Å². The van der Waals surface area contributed by atoms with E-state index in [4.69, 9.17) is 10.5 Å². The Morgan fingerprint density at radius 2 is 2.26 bits per heavy atom. The molecule has 0 aliphatic carbocycles. The number of nitrogens with two attached hydrogens (primary N) is 1. The van der Waals surface area contributed by atoms with Gasteiger partial charge >= 0.3 is 0 Å². The Morgan fingerprint density at radius 1 is 1.53 bits per heavy atom. The highest BCUT2D eigenvalue weighted by Gasteiger charge is 2.32. The predicted molar refractivity (Wildman–Crippen MR) is 71.3 cm³/mol. The Labute approximate surface area is 114 Å². The number of morpholine rings is 1. The van der Waals surface area contributed by atoms with Gasteiger partial charge in [-0.15, -0.1) is 0 Å². The average molecular weight is 290 g/mol. The van der Waals surface area contributed by atoms with Gasteiger partial charge in [0.1, 0.15) is 0 Å². The number of ether oxygens (including phenoxy) is 1. The van der Waals surface area contributed by atoms with E-state index < -0.39 is 9.84 Å². The van der Waals surface area contributed by atoms with Crippen LogP contribution in [0.4, 0.5) is 0 Å². The maximum absolute atomic E-state index is 12.2. The average Bonchev–Trinajstić information content (AvgIpc) is 2.68. The number of carbonyl (C=O) groups excluding carboxylic acids is 1. The summed E-state index contributed by atoms with van der Waals surface area (Å²) in [5.41, 5.74) is 5.79. The molecule has 2 aliphatic rings. The summed E-state index contributed by atoms with van der Waals surface area (Å²) in [4.78, 5) is 13.9. The van der Waals surface area contributed by atoms with Gasteiger partial charge in [0.15, 0.2) is 9.84 Å². The normalized spacial score (nSPS) is 32.2. The van der Waals surface area contributed by atoms with Crippen LogP contribution < -0.4 is 5.73 Å². The summed E-state index contributed by atoms with van der Waals surface area (Å²) in [6, 6.07) is -0.109. The van der Waals surface area contributed by atoms with Gasteiger partial charge in [0, 0.05) is 25.6 Å². The van der Waals surface area contributed by atoms with Gasteiger partial charge in [-0.25, -0.2) is 8.42 Å². The van der Waals surface area contributed by atoms with Crippen LogP contribution >= 0.6 is 0 Å². The van der Waals surface area contributed by atoms with Crippen molar-refractivity contribution in [1.82, 2.24) is 4.90 Å². The molecule has 2 saturated heterocycles. The fourth-order valence-electron chi connectivity index (χ4n) is 2.63. The highest BCUT2D eigenvalue weighted by molar-refractivity contribution is 7.91. The molecule has 3 unspecified atom stereocenters. The molecular formula is C12H22N2O4S. The minimum absolute atomic E-state index is 0.0194. The van der Waals surface area contributed by atoms with E-state index in [2.05, 4.69) is 0 Å². The first kappa shape index (κ1) is 14.7. The van der Waals surface area contributed by atoms with E-state index in [1.54, 1.807) is 4.90 Å². The topological polar surface area (TPSA) is 89.7 Å². The molecule has 6 nitrogen and oxygen atoms in total. The Morgan fingerprint density at radius 3 is 2.84 bits per heavy atom. The fourth-order valence-corrected chi connectivity index (χ4v) is 4.49. The van der Waals surface area contributed by atoms with Gasteiger partial charge < -0.3 is 15.4 Å². The zero-order chi connectivity index (χ0) is 14.0. The number of carbonyl (C=O) groups is 1. The van der Waals surface area contributed by atoms with Gasteiger partial charge in [0.25, 0.3) is 0 Å². The predicted octanol–water partition coefficient (Wildman–Crippen LogP) is -0.614. The van der Waals surface area contributed by atoms with Gasteiger partial charge in [-0.1, -0.05) is 0 Å². The van der Waals surface area contributed by atoms with Crippen LogP contribution in [0.1, 0.15) is 19.8 Å². The molecular weight excluding hydrogens is 268 g/mol. The largest absolute Gasteiger partial charge is 0.373 e. The summed E-state index contributed by atoms with van der Waals surface area (Å²) in [7, 11) is -2.91. The van der Waals surface area contributed by atoms with E-state index >= 15 is 0 Å². The SMILES string of the molecule is CC(N)C1CN(C(=O)CC2CCS(=O)(=O)C2)CCO1. The van der Waals surface area contributed by atoms with E-state index in [9.17, 15) is 13.2 Å². The standard InChI is InChI=1S/C12H22N2O4S/c1-9(13)11-7-14(3-4-18-11)12(15)6-10-2-5-19(16,17)8-10/h9-11H,2-8,13H2,1H3. The van der Waals surface area contributed by atoms with Crippen molar-refractivity contribution in [2.24, 2.45) is 11.7 Å². The van der Waals surface area contributed by atoms with Gasteiger partial charge in [0.2, 0.25) is 5.91 Å². The zero-order valence-corrected chi connectivity index (χ0v) is 12.1. The van der Waals surface area contributed by atoms with Crippen LogP contribution in [-0.2, 0) is 19.4 Å². The van der Waals surface area contributed by atoms with E-state index in [1.165, 1.54) is 0 Å². The molecule has 2 fully saturated rings. The van der Waals surface area contributed by atoms with Crippen LogP contribution in [0.2, 0.25) is 0 Å². The second-order valence-corrected chi connectivity index (χ2v) is 7.81. The molecule has 7 heteroatoms. The van der Waals surface area contributed by atoms with Crippen molar-refractivity contribution in [2.45, 2.75) is 31.9 Å². The summed E-state index contributed by atoms with van der Waals surface area (Å²) in [6.45, 7) is 3.45. The Kier molecular flexibility index (Phi) is 4.47. The number of nitrogens with zero attached hydrogens (tertiary/aromatic N) is 1. The second kappa shape index (κ2) is 5.76. The van der Waals surface area contributed by atoms with Crippen molar-refractivity contribution < 1.29 is 17.9 Å². The van der Waals surface area contributed by atoms with E-state index in [0.29, 0.717) is 32.5 Å². The zero-order valence-electron chi connectivity index (χ0n) is 11.2. The summed E-state index contributed by atoms with van der Waals surface area (Å²) in [5, 5.41) is 0. The maximum atomic E-state index is 12.2. The molecule has 0 saturated carbocycles. The van der Waals surface area contributed by atoms with Crippen molar-refractivity contribution in [1.29, 1.82) is 0 Å². The first-order valence-electron chi connectivity index (χ1n) is 6.73. The molecule has 2 aliphatic heterocycles. The molecule has 1 amide bonds. The van der Waals surface area contributed by atoms with Crippen LogP contribution in [0.5, 0.6) is 0 Å². The van der Waals surface area contributed by atoms with Crippen LogP contribution in [0.3, 0.4) is 0 Å². The first-order chi connectivity index (χ1) is 8.87. The number of amides is 1. The molecule has 2 heterocycles. The van der Waals surface area contributed by atoms with Gasteiger partial charge in [0.05, 0.1) is 24.2 Å². The van der Waals surface area contributed by atoms with Crippen molar-refractivity contribution in [3.8, 4) is 0 Å². The summed E-state index contributed by atoms with van der Waals surface area (Å²) in [5.74, 6) is 0.376. The molecule has 19 heavy (non-hydrogen) atoms. The van der Waals surface area contributed by atoms with Gasteiger partial charge in [-0.3, -0.25) is 4.79 Å². The Balaban J connectivity index is 1.86. The molecule has 3 atom stereocenters. The Hall–Kier alpha value is -0.660. The molecule has 0 aromatic rings. The number of hydrogen-bond donors (Lipinski definition) is 1. The van der Waals surface area contributed by atoms with E-state index in [-0.39, 0.29) is 35.5 Å². The molecule has 0 radical (unpaired) electrons. The highest BCUT2D eigenvalue weighted by atomic mass is 32.2. The number of hydrogen-bond acceptors (Lipinski definition) is 5. The van der Waals surface area contributed by atoms with Gasteiger partial charge in [-0.05, 0) is 19.3 Å². The molecule has 2 rings (SSSR count). The first-order valence-corrected chi connectivity index (χ1v) is 8.55. The molecule has 0 aromatic carbocycles. The van der Waals surface area contributed by atoms with Crippen LogP contribution in [0, 0.1) is 5.92 Å². The molecule has 0 spiro atoms. The maximum Gasteiger partial charge on any atom is 0.223 e. The third-order valence-electron chi connectivity index (χ3n) is 3.82. The molecule has 110 valence electrons. The van der Waals surface area contributed by atoms with Crippen molar-refractivity contribution >= 4 is 15.7 Å². The lowest BCUT2D eigenvalue weighted by Crippen LogP contribution is -2.51. The van der Waals surface area contributed by atoms with Crippen LogP contribution in [0.15, 0.2) is 0 Å². The van der Waals surface area contributed by atoms with Crippen molar-refractivity contribution in [3.63, 3.8) is 0 Å². The monoisotopic (exact) mass is 290 g/mol. The second-order valence-electron chi connectivity index (χ2n) is 5.58. The van der Waals surface area contributed by atoms with Gasteiger partial charge in [-0.2, -0.15) is 0 Å². The fraction of sp³-hybridized carbons (Fsp3) is 0.917. The lowest BCUT2D eigenvalue weighted by atomic mass is 10.0. The molecule has 0 bridgehead atoms. The Bertz CT molecular complexity index is 435. The smallest absolute Gasteiger partial charge is 0.223 e. The molecule has 2 N–H and O–H groups in total. The van der Waals surface area contributed by atoms with E-state index in [1.807, 2.05) is 6.92 Å². The lowest BCUT2D eigenvalue weighted by molar-refractivity contribution is -0.140. The van der Waals surface area contributed by atoms with Crippen LogP contribution in [-0.4, -0.2) is 62.6 Å². The number of sulfone groups is 1. The summed E-state index contributed by atoms with van der Waals surface area (Å²) in [6.07, 6.45) is 0.810.